The van der Waals surface area contributed by atoms with Gasteiger partial charge in [-0.25, -0.2) is 4.98 Å². The fourth-order valence-electron chi connectivity index (χ4n) is 1.95. The van der Waals surface area contributed by atoms with E-state index in [2.05, 4.69) is 44.4 Å². The van der Waals surface area contributed by atoms with Crippen LogP contribution >= 0.6 is 0 Å². The number of imidazole rings is 1. The predicted molar refractivity (Wildman–Crippen MR) is 84.7 cm³/mol. The van der Waals surface area contributed by atoms with Crippen LogP contribution in [0.25, 0.3) is 11.2 Å². The van der Waals surface area contributed by atoms with E-state index in [9.17, 15) is 0 Å². The van der Waals surface area contributed by atoms with Crippen LogP contribution in [-0.4, -0.2) is 45.7 Å². The van der Waals surface area contributed by atoms with Crippen molar-refractivity contribution in [3.8, 4) is 0 Å². The van der Waals surface area contributed by atoms with E-state index >= 15 is 0 Å². The average Bonchev–Trinajstić information content (AvgIpc) is 2.91. The number of hydrogen-bond donors (Lipinski definition) is 3. The number of fused-ring (bicyclic) bond motifs is 1. The Labute approximate surface area is 124 Å². The molecule has 2 aromatic rings. The van der Waals surface area contributed by atoms with E-state index < -0.39 is 0 Å². The van der Waals surface area contributed by atoms with E-state index in [4.69, 9.17) is 4.74 Å². The Morgan fingerprint density at radius 1 is 1.24 bits per heavy atom. The summed E-state index contributed by atoms with van der Waals surface area (Å²) < 4.78 is 5.52. The lowest BCUT2D eigenvalue weighted by atomic mass is 10.3. The number of nitrogens with one attached hydrogen (secondary N) is 3. The molecule has 2 rings (SSSR count). The molecule has 0 bridgehead atoms. The molecule has 0 aromatic carbocycles. The molecule has 0 saturated carbocycles. The van der Waals surface area contributed by atoms with Crippen molar-refractivity contribution < 1.29 is 4.74 Å². The van der Waals surface area contributed by atoms with Crippen molar-refractivity contribution >= 4 is 22.9 Å². The summed E-state index contributed by atoms with van der Waals surface area (Å²) >= 11 is 0. The highest BCUT2D eigenvalue weighted by Crippen LogP contribution is 2.18. The Balaban J connectivity index is 1.89. The summed E-state index contributed by atoms with van der Waals surface area (Å²) in [7, 11) is 0. The molecule has 2 heterocycles. The number of aromatic amines is 1. The molecule has 0 atom stereocenters. The minimum absolute atomic E-state index is 0.298. The molecule has 116 valence electrons. The van der Waals surface area contributed by atoms with Gasteiger partial charge in [0.05, 0.1) is 12.4 Å². The van der Waals surface area contributed by atoms with Crippen molar-refractivity contribution in [2.45, 2.75) is 39.7 Å². The first-order chi connectivity index (χ1) is 10.2. The van der Waals surface area contributed by atoms with Crippen LogP contribution in [0.5, 0.6) is 0 Å². The lowest BCUT2D eigenvalue weighted by Crippen LogP contribution is -2.10. The predicted octanol–water partition coefficient (Wildman–Crippen LogP) is 2.40. The van der Waals surface area contributed by atoms with Crippen LogP contribution in [0.2, 0.25) is 0 Å². The lowest BCUT2D eigenvalue weighted by Gasteiger charge is -2.09. The third-order valence-electron chi connectivity index (χ3n) is 2.94. The first-order valence-corrected chi connectivity index (χ1v) is 7.51. The number of ether oxygens (including phenoxy) is 1. The Bertz CT molecular complexity index is 553. The van der Waals surface area contributed by atoms with Gasteiger partial charge in [-0.1, -0.05) is 0 Å². The summed E-state index contributed by atoms with van der Waals surface area (Å²) in [5, 5.41) is 6.46. The molecule has 0 aliphatic heterocycles. The van der Waals surface area contributed by atoms with Crippen LogP contribution in [-0.2, 0) is 4.74 Å². The SMILES string of the molecule is CCNc1nc(NCCCCOC(C)C)c2[nH]cnc2n1. The zero-order chi connectivity index (χ0) is 15.1. The van der Waals surface area contributed by atoms with Crippen molar-refractivity contribution in [1.82, 2.24) is 19.9 Å². The Kier molecular flexibility index (Phi) is 5.74. The largest absolute Gasteiger partial charge is 0.379 e. The summed E-state index contributed by atoms with van der Waals surface area (Å²) in [6, 6.07) is 0. The van der Waals surface area contributed by atoms with E-state index in [1.54, 1.807) is 6.33 Å². The topological polar surface area (TPSA) is 87.8 Å². The van der Waals surface area contributed by atoms with E-state index in [1.807, 2.05) is 6.92 Å². The maximum absolute atomic E-state index is 5.52. The quantitative estimate of drug-likeness (QED) is 0.615. The van der Waals surface area contributed by atoms with Gasteiger partial charge in [-0.05, 0) is 33.6 Å². The molecule has 0 aliphatic rings. The standard InChI is InChI=1S/C14H24N6O/c1-4-15-14-19-12(11-13(20-14)18-9-17-11)16-7-5-6-8-21-10(2)3/h9-10H,4-8H2,1-3H3,(H3,15,16,17,18,19,20). The van der Waals surface area contributed by atoms with Crippen LogP contribution in [0.15, 0.2) is 6.33 Å². The van der Waals surface area contributed by atoms with E-state index in [-0.39, 0.29) is 0 Å². The number of nitrogens with zero attached hydrogens (tertiary/aromatic N) is 3. The molecule has 7 heteroatoms. The van der Waals surface area contributed by atoms with Crippen molar-refractivity contribution in [1.29, 1.82) is 0 Å². The van der Waals surface area contributed by atoms with Gasteiger partial charge in [-0.3, -0.25) is 0 Å². The highest BCUT2D eigenvalue weighted by molar-refractivity contribution is 5.83. The van der Waals surface area contributed by atoms with Gasteiger partial charge in [0.25, 0.3) is 0 Å². The fourth-order valence-corrected chi connectivity index (χ4v) is 1.95. The fraction of sp³-hybridized carbons (Fsp3) is 0.643. The summed E-state index contributed by atoms with van der Waals surface area (Å²) in [6.07, 6.45) is 3.99. The first kappa shape index (κ1) is 15.5. The summed E-state index contributed by atoms with van der Waals surface area (Å²) in [4.78, 5) is 16.1. The summed E-state index contributed by atoms with van der Waals surface area (Å²) in [6.45, 7) is 8.54. The Morgan fingerprint density at radius 2 is 2.10 bits per heavy atom. The van der Waals surface area contributed by atoms with Gasteiger partial charge in [0.1, 0.15) is 5.52 Å². The van der Waals surface area contributed by atoms with Gasteiger partial charge in [0.2, 0.25) is 5.95 Å². The molecule has 3 N–H and O–H groups in total. The van der Waals surface area contributed by atoms with Crippen molar-refractivity contribution in [3.63, 3.8) is 0 Å². The van der Waals surface area contributed by atoms with Crippen molar-refractivity contribution in [3.05, 3.63) is 6.33 Å². The minimum Gasteiger partial charge on any atom is -0.379 e. The number of aromatic nitrogens is 4. The normalized spacial score (nSPS) is 11.2. The number of H-pyrrole nitrogens is 1. The first-order valence-electron chi connectivity index (χ1n) is 7.51. The molecule has 0 spiro atoms. The van der Waals surface area contributed by atoms with Gasteiger partial charge in [-0.15, -0.1) is 0 Å². The second kappa shape index (κ2) is 7.78. The average molecular weight is 292 g/mol. The second-order valence-corrected chi connectivity index (χ2v) is 5.08. The molecular formula is C14H24N6O. The number of rotatable bonds is 9. The van der Waals surface area contributed by atoms with Gasteiger partial charge in [0, 0.05) is 19.7 Å². The molecule has 21 heavy (non-hydrogen) atoms. The Hall–Kier alpha value is -1.89. The maximum atomic E-state index is 5.52. The van der Waals surface area contributed by atoms with Gasteiger partial charge < -0.3 is 20.4 Å². The van der Waals surface area contributed by atoms with E-state index in [0.29, 0.717) is 17.7 Å². The highest BCUT2D eigenvalue weighted by atomic mass is 16.5. The number of anilines is 2. The summed E-state index contributed by atoms with van der Waals surface area (Å²) in [5.74, 6) is 1.39. The van der Waals surface area contributed by atoms with Crippen LogP contribution in [0.4, 0.5) is 11.8 Å². The summed E-state index contributed by atoms with van der Waals surface area (Å²) in [5.41, 5.74) is 1.52. The van der Waals surface area contributed by atoms with Crippen molar-refractivity contribution in [2.75, 3.05) is 30.3 Å². The van der Waals surface area contributed by atoms with Gasteiger partial charge >= 0.3 is 0 Å². The van der Waals surface area contributed by atoms with Crippen molar-refractivity contribution in [2.24, 2.45) is 0 Å². The molecule has 7 nitrogen and oxygen atoms in total. The second-order valence-electron chi connectivity index (χ2n) is 5.08. The van der Waals surface area contributed by atoms with Gasteiger partial charge in [0.15, 0.2) is 11.5 Å². The third-order valence-corrected chi connectivity index (χ3v) is 2.94. The molecule has 0 aliphatic carbocycles. The van der Waals surface area contributed by atoms with Crippen LogP contribution in [0.3, 0.4) is 0 Å². The minimum atomic E-state index is 0.298. The molecule has 0 saturated heterocycles. The Morgan fingerprint density at radius 3 is 2.86 bits per heavy atom. The van der Waals surface area contributed by atoms with E-state index in [0.717, 1.165) is 43.9 Å². The van der Waals surface area contributed by atoms with Gasteiger partial charge in [-0.2, -0.15) is 9.97 Å². The molecule has 0 fully saturated rings. The third kappa shape index (κ3) is 4.56. The number of unbranched alkanes of at least 4 members (excludes halogenated alkanes) is 1. The zero-order valence-corrected chi connectivity index (χ0v) is 12.9. The molecule has 0 amide bonds. The lowest BCUT2D eigenvalue weighted by molar-refractivity contribution is 0.0765. The molecule has 0 unspecified atom stereocenters. The number of hydrogen-bond acceptors (Lipinski definition) is 6. The highest BCUT2D eigenvalue weighted by Gasteiger charge is 2.08. The molecule has 0 radical (unpaired) electrons. The van der Waals surface area contributed by atoms with Crippen LogP contribution in [0, 0.1) is 0 Å². The van der Waals surface area contributed by atoms with Crippen LogP contribution in [0.1, 0.15) is 33.6 Å². The maximum Gasteiger partial charge on any atom is 0.226 e. The smallest absolute Gasteiger partial charge is 0.226 e. The van der Waals surface area contributed by atoms with E-state index in [1.165, 1.54) is 0 Å². The zero-order valence-electron chi connectivity index (χ0n) is 12.9. The molecular weight excluding hydrogens is 268 g/mol. The monoisotopic (exact) mass is 292 g/mol. The molecule has 2 aromatic heterocycles. The van der Waals surface area contributed by atoms with Crippen LogP contribution < -0.4 is 10.6 Å².